The number of hydrogen-bond acceptors (Lipinski definition) is 4. The Morgan fingerprint density at radius 3 is 1.96 bits per heavy atom. The summed E-state index contributed by atoms with van der Waals surface area (Å²) in [6.07, 6.45) is 3.84. The monoisotopic (exact) mass is 368 g/mol. The van der Waals surface area contributed by atoms with Crippen molar-refractivity contribution in [3.63, 3.8) is 0 Å². The predicted octanol–water partition coefficient (Wildman–Crippen LogP) is 3.89. The number of likely N-dealkylation sites (tertiary alicyclic amines) is 2. The molecule has 4 atom stereocenters. The molecule has 2 aliphatic heterocycles. The van der Waals surface area contributed by atoms with Crippen LogP contribution in [0, 0.1) is 17.8 Å². The molecule has 4 heteroatoms. The van der Waals surface area contributed by atoms with Gasteiger partial charge in [-0.25, -0.2) is 0 Å². The summed E-state index contributed by atoms with van der Waals surface area (Å²) in [4.78, 5) is 5.13. The van der Waals surface area contributed by atoms with Crippen molar-refractivity contribution in [1.82, 2.24) is 9.80 Å². The smallest absolute Gasteiger partial charge is 0.0598 e. The third-order valence-corrected chi connectivity index (χ3v) is 5.83. The summed E-state index contributed by atoms with van der Waals surface area (Å²) in [7, 11) is 4.60. The Morgan fingerprint density at radius 2 is 1.38 bits per heavy atom. The van der Waals surface area contributed by atoms with Gasteiger partial charge in [0.15, 0.2) is 0 Å². The van der Waals surface area contributed by atoms with E-state index in [1.165, 1.54) is 38.9 Å². The van der Waals surface area contributed by atoms with Crippen LogP contribution in [-0.4, -0.2) is 74.0 Å². The van der Waals surface area contributed by atoms with Crippen LogP contribution in [0.4, 0.5) is 0 Å². The normalized spacial score (nSPS) is 32.8. The third kappa shape index (κ3) is 7.46. The van der Waals surface area contributed by atoms with Crippen LogP contribution in [0.3, 0.4) is 0 Å². The lowest BCUT2D eigenvalue weighted by Crippen LogP contribution is -2.52. The highest BCUT2D eigenvalue weighted by Crippen LogP contribution is 2.34. The van der Waals surface area contributed by atoms with Gasteiger partial charge >= 0.3 is 0 Å². The highest BCUT2D eigenvalue weighted by Gasteiger charge is 2.37. The molecule has 0 aromatic rings. The Labute approximate surface area is 162 Å². The summed E-state index contributed by atoms with van der Waals surface area (Å²) in [5.41, 5.74) is -0.0676. The summed E-state index contributed by atoms with van der Waals surface area (Å²) < 4.78 is 12.2. The molecule has 4 nitrogen and oxygen atoms in total. The van der Waals surface area contributed by atoms with E-state index in [9.17, 15) is 0 Å². The molecular weight excluding hydrogens is 324 g/mol. The lowest BCUT2D eigenvalue weighted by atomic mass is 9.78. The maximum absolute atomic E-state index is 6.12. The van der Waals surface area contributed by atoms with E-state index >= 15 is 0 Å². The van der Waals surface area contributed by atoms with Gasteiger partial charge in [0.1, 0.15) is 0 Å². The van der Waals surface area contributed by atoms with Gasteiger partial charge in [0.25, 0.3) is 0 Å². The lowest BCUT2D eigenvalue weighted by Gasteiger charge is -2.46. The van der Waals surface area contributed by atoms with Crippen molar-refractivity contribution in [3.05, 3.63) is 0 Å². The molecule has 2 rings (SSSR count). The molecule has 0 spiro atoms. The molecule has 0 aromatic carbocycles. The zero-order valence-corrected chi connectivity index (χ0v) is 18.7. The Morgan fingerprint density at radius 1 is 0.808 bits per heavy atom. The maximum Gasteiger partial charge on any atom is 0.0598 e. The van der Waals surface area contributed by atoms with Crippen LogP contribution in [0.5, 0.6) is 0 Å². The van der Waals surface area contributed by atoms with E-state index in [1.807, 2.05) is 0 Å². The number of hydrogen-bond donors (Lipinski definition) is 0. The summed E-state index contributed by atoms with van der Waals surface area (Å²) in [5, 5.41) is 0. The largest absolute Gasteiger partial charge is 0.376 e. The van der Waals surface area contributed by atoms with E-state index in [4.69, 9.17) is 9.47 Å². The summed E-state index contributed by atoms with van der Waals surface area (Å²) in [6.45, 7) is 18.3. The van der Waals surface area contributed by atoms with Gasteiger partial charge in [-0.2, -0.15) is 0 Å². The Hall–Kier alpha value is -0.160. The molecular formula is C22H44N2O2. The van der Waals surface area contributed by atoms with Crippen LogP contribution in [0.1, 0.15) is 60.8 Å². The molecule has 0 aromatic heterocycles. The average Bonchev–Trinajstić information content (AvgIpc) is 2.50. The summed E-state index contributed by atoms with van der Waals surface area (Å²) in [5.74, 6) is 2.09. The van der Waals surface area contributed by atoms with Gasteiger partial charge < -0.3 is 19.3 Å². The molecule has 0 N–H and O–H groups in total. The molecule has 0 amide bonds. The third-order valence-electron chi connectivity index (χ3n) is 5.83. The Kier molecular flexibility index (Phi) is 7.57. The van der Waals surface area contributed by atoms with Gasteiger partial charge in [0.2, 0.25) is 0 Å². The molecule has 0 radical (unpaired) electrons. The van der Waals surface area contributed by atoms with E-state index in [-0.39, 0.29) is 11.2 Å². The number of rotatable bonds is 5. The minimum Gasteiger partial charge on any atom is -0.376 e. The predicted molar refractivity (Wildman–Crippen MR) is 110 cm³/mol. The molecule has 2 fully saturated rings. The molecule has 2 aliphatic rings. The van der Waals surface area contributed by atoms with Gasteiger partial charge in [0.05, 0.1) is 24.4 Å². The van der Waals surface area contributed by atoms with E-state index in [1.54, 1.807) is 0 Å². The minimum atomic E-state index is -0.0392. The zero-order valence-electron chi connectivity index (χ0n) is 18.7. The summed E-state index contributed by atoms with van der Waals surface area (Å²) >= 11 is 0. The second-order valence-electron chi connectivity index (χ2n) is 10.9. The highest BCUT2D eigenvalue weighted by atomic mass is 16.5. The van der Waals surface area contributed by atoms with E-state index in [0.717, 1.165) is 19.1 Å². The first-order chi connectivity index (χ1) is 11.9. The van der Waals surface area contributed by atoms with Crippen molar-refractivity contribution < 1.29 is 9.47 Å². The van der Waals surface area contributed by atoms with Crippen molar-refractivity contribution in [2.75, 3.05) is 46.9 Å². The van der Waals surface area contributed by atoms with E-state index in [0.29, 0.717) is 17.9 Å². The standard InChI is InChI=1S/C22H44N2O2/c1-21(2,3)25-15-17-9-10-24(8)20(12-17)19-11-18(13-23(7)14-19)16-26-22(4,5)6/h17-20H,9-16H2,1-8H3. The maximum atomic E-state index is 6.12. The van der Waals surface area contributed by atoms with Crippen molar-refractivity contribution >= 4 is 0 Å². The number of piperidine rings is 2. The quantitative estimate of drug-likeness (QED) is 0.735. The Balaban J connectivity index is 1.93. The van der Waals surface area contributed by atoms with E-state index in [2.05, 4.69) is 65.4 Å². The number of ether oxygens (including phenoxy) is 2. The number of nitrogens with zero attached hydrogens (tertiary/aromatic N) is 2. The van der Waals surface area contributed by atoms with Crippen LogP contribution >= 0.6 is 0 Å². The first kappa shape index (κ1) is 22.1. The minimum absolute atomic E-state index is 0.0285. The topological polar surface area (TPSA) is 24.9 Å². The van der Waals surface area contributed by atoms with Crippen molar-refractivity contribution in [2.24, 2.45) is 17.8 Å². The molecule has 0 aliphatic carbocycles. The zero-order chi connectivity index (χ0) is 19.5. The van der Waals surface area contributed by atoms with Crippen LogP contribution in [0.25, 0.3) is 0 Å². The van der Waals surface area contributed by atoms with Crippen LogP contribution in [0.2, 0.25) is 0 Å². The van der Waals surface area contributed by atoms with Gasteiger partial charge in [0, 0.05) is 19.1 Å². The second kappa shape index (κ2) is 8.89. The lowest BCUT2D eigenvalue weighted by molar-refractivity contribution is -0.0587. The van der Waals surface area contributed by atoms with Gasteiger partial charge in [-0.1, -0.05) is 0 Å². The molecule has 0 bridgehead atoms. The Bertz CT molecular complexity index is 427. The summed E-state index contributed by atoms with van der Waals surface area (Å²) in [6, 6.07) is 0.678. The highest BCUT2D eigenvalue weighted by molar-refractivity contribution is 4.90. The molecule has 154 valence electrons. The van der Waals surface area contributed by atoms with Crippen molar-refractivity contribution in [3.8, 4) is 0 Å². The molecule has 2 saturated heterocycles. The van der Waals surface area contributed by atoms with Gasteiger partial charge in [-0.15, -0.1) is 0 Å². The SMILES string of the molecule is CN1CC(COC(C)(C)C)CC(C2CC(COC(C)(C)C)CCN2C)C1. The van der Waals surface area contributed by atoms with Crippen molar-refractivity contribution in [1.29, 1.82) is 0 Å². The van der Waals surface area contributed by atoms with E-state index < -0.39 is 0 Å². The fourth-order valence-electron chi connectivity index (χ4n) is 4.52. The van der Waals surface area contributed by atoms with Crippen LogP contribution in [0.15, 0.2) is 0 Å². The van der Waals surface area contributed by atoms with Gasteiger partial charge in [-0.05, 0) is 99.2 Å². The molecule has 26 heavy (non-hydrogen) atoms. The molecule has 2 heterocycles. The first-order valence-corrected chi connectivity index (χ1v) is 10.6. The first-order valence-electron chi connectivity index (χ1n) is 10.6. The fraction of sp³-hybridized carbons (Fsp3) is 1.00. The fourth-order valence-corrected chi connectivity index (χ4v) is 4.52. The molecule has 4 unspecified atom stereocenters. The second-order valence-corrected chi connectivity index (χ2v) is 10.9. The van der Waals surface area contributed by atoms with Crippen molar-refractivity contribution in [2.45, 2.75) is 78.0 Å². The molecule has 0 saturated carbocycles. The van der Waals surface area contributed by atoms with Crippen LogP contribution < -0.4 is 0 Å². The average molecular weight is 369 g/mol. The van der Waals surface area contributed by atoms with Gasteiger partial charge in [-0.3, -0.25) is 0 Å². The van der Waals surface area contributed by atoms with Crippen LogP contribution in [-0.2, 0) is 9.47 Å².